The second-order valence-corrected chi connectivity index (χ2v) is 10.3. The summed E-state index contributed by atoms with van der Waals surface area (Å²) < 4.78 is 32.6. The summed E-state index contributed by atoms with van der Waals surface area (Å²) in [5, 5.41) is 13.2. The number of aryl methyl sites for hydroxylation is 1. The molecule has 2 aromatic rings. The third kappa shape index (κ3) is 4.24. The Morgan fingerprint density at radius 2 is 2.00 bits per heavy atom. The first-order valence-corrected chi connectivity index (χ1v) is 12.0. The maximum atomic E-state index is 15.4. The predicted molar refractivity (Wildman–Crippen MR) is 119 cm³/mol. The third-order valence-corrected chi connectivity index (χ3v) is 7.93. The van der Waals surface area contributed by atoms with Crippen LogP contribution in [0.4, 0.5) is 4.39 Å². The Kier molecular flexibility index (Phi) is 5.74. The maximum Gasteiger partial charge on any atom is 0.310 e. The minimum atomic E-state index is -0.822. The van der Waals surface area contributed by atoms with E-state index in [0.29, 0.717) is 66.4 Å². The molecule has 1 aromatic heterocycles. The summed E-state index contributed by atoms with van der Waals surface area (Å²) in [6, 6.07) is 4.89. The van der Waals surface area contributed by atoms with Gasteiger partial charge < -0.3 is 19.1 Å². The number of esters is 1. The van der Waals surface area contributed by atoms with Crippen molar-refractivity contribution in [2.45, 2.75) is 76.9 Å². The van der Waals surface area contributed by atoms with Gasteiger partial charge in [-0.15, -0.1) is 0 Å². The number of halogens is 1. The smallest absolute Gasteiger partial charge is 0.310 e. The molecule has 0 unspecified atom stereocenters. The van der Waals surface area contributed by atoms with Crippen LogP contribution in [0.5, 0.6) is 0 Å². The van der Waals surface area contributed by atoms with Crippen molar-refractivity contribution in [3.05, 3.63) is 40.8 Å². The molecule has 182 valence electrons. The average Bonchev–Trinajstić information content (AvgIpc) is 3.59. The zero-order valence-corrected chi connectivity index (χ0v) is 19.6. The van der Waals surface area contributed by atoms with E-state index in [2.05, 4.69) is 5.16 Å². The van der Waals surface area contributed by atoms with Crippen molar-refractivity contribution in [1.82, 2.24) is 5.16 Å². The van der Waals surface area contributed by atoms with Gasteiger partial charge in [-0.3, -0.25) is 9.59 Å². The van der Waals surface area contributed by atoms with Gasteiger partial charge in [0, 0.05) is 22.1 Å². The number of carboxylic acid groups (broad SMARTS) is 1. The van der Waals surface area contributed by atoms with E-state index in [9.17, 15) is 14.7 Å². The second kappa shape index (κ2) is 8.48. The summed E-state index contributed by atoms with van der Waals surface area (Å²) >= 11 is 0. The lowest BCUT2D eigenvalue weighted by Gasteiger charge is -2.53. The van der Waals surface area contributed by atoms with Crippen LogP contribution in [-0.4, -0.2) is 34.9 Å². The van der Waals surface area contributed by atoms with Crippen molar-refractivity contribution in [1.29, 1.82) is 0 Å². The Bertz CT molecular complexity index is 1100. The van der Waals surface area contributed by atoms with Crippen LogP contribution in [0.3, 0.4) is 0 Å². The van der Waals surface area contributed by atoms with Crippen LogP contribution in [0.1, 0.15) is 68.7 Å². The number of aliphatic carboxylic acids is 1. The second-order valence-electron chi connectivity index (χ2n) is 10.3. The molecule has 8 heteroatoms. The summed E-state index contributed by atoms with van der Waals surface area (Å²) in [6.45, 7) is 3.99. The molecule has 7 nitrogen and oxygen atoms in total. The number of fused-ring (bicyclic) bond motifs is 3. The van der Waals surface area contributed by atoms with E-state index < -0.39 is 17.4 Å². The molecule has 6 rings (SSSR count). The number of hydrogen-bond acceptors (Lipinski definition) is 6. The van der Waals surface area contributed by atoms with E-state index in [1.54, 1.807) is 19.1 Å². The largest absolute Gasteiger partial charge is 0.481 e. The molecular formula is C26H30FNO6. The fraction of sp³-hybridized carbons (Fsp3) is 0.577. The first-order valence-electron chi connectivity index (χ1n) is 12.0. The number of nitrogens with zero attached hydrogens (tertiary/aromatic N) is 1. The number of hydrogen-bond donors (Lipinski definition) is 1. The van der Waals surface area contributed by atoms with Gasteiger partial charge in [0.15, 0.2) is 5.76 Å². The lowest BCUT2D eigenvalue weighted by Crippen LogP contribution is -2.50. The molecule has 4 fully saturated rings. The first kappa shape index (κ1) is 23.0. The standard InChI is InChI=1S/C26H30FNO6/c1-15-19(12-23(31)33-16(2)17-3-4-17)24(34-28-15)18-5-6-20(21(27)11-18)26-9-7-25(8-10-26,14-32-26)13-22(29)30/h5-6,11,16-17H,3-4,7-10,12-14H2,1-2H3,(H,29,30)/t16-,25?,26?/m1/s1. The van der Waals surface area contributed by atoms with Gasteiger partial charge in [-0.05, 0) is 64.4 Å². The van der Waals surface area contributed by atoms with Gasteiger partial charge in [0.2, 0.25) is 0 Å². The van der Waals surface area contributed by atoms with Crippen LogP contribution in [0, 0.1) is 24.1 Å². The zero-order chi connectivity index (χ0) is 24.1. The van der Waals surface area contributed by atoms with E-state index in [0.717, 1.165) is 12.8 Å². The molecule has 0 radical (unpaired) electrons. The van der Waals surface area contributed by atoms with Crippen molar-refractivity contribution in [3.63, 3.8) is 0 Å². The highest BCUT2D eigenvalue weighted by atomic mass is 19.1. The molecule has 2 bridgehead atoms. The Balaban J connectivity index is 1.34. The van der Waals surface area contributed by atoms with Crippen molar-refractivity contribution < 1.29 is 33.1 Å². The molecule has 3 heterocycles. The SMILES string of the molecule is Cc1noc(-c2ccc(C34CCC(CC(=O)O)(CC3)CO4)c(F)c2)c1CC(=O)O[C@H](C)C1CC1. The number of aromatic nitrogens is 1. The normalized spacial score (nSPS) is 26.9. The molecule has 1 N–H and O–H groups in total. The summed E-state index contributed by atoms with van der Waals surface area (Å²) in [5.41, 5.74) is 1.08. The Morgan fingerprint density at radius 1 is 1.26 bits per heavy atom. The van der Waals surface area contributed by atoms with Crippen molar-refractivity contribution >= 4 is 11.9 Å². The number of carbonyl (C=O) groups excluding carboxylic acids is 1. The highest BCUT2D eigenvalue weighted by Crippen LogP contribution is 2.55. The fourth-order valence-electron chi connectivity index (χ4n) is 5.56. The van der Waals surface area contributed by atoms with E-state index in [4.69, 9.17) is 14.0 Å². The number of ether oxygens (including phenoxy) is 2. The number of rotatable bonds is 8. The van der Waals surface area contributed by atoms with Gasteiger partial charge >= 0.3 is 11.9 Å². The van der Waals surface area contributed by atoms with Gasteiger partial charge in [0.1, 0.15) is 11.9 Å². The topological polar surface area (TPSA) is 98.9 Å². The molecule has 1 atom stereocenters. The van der Waals surface area contributed by atoms with Crippen molar-refractivity contribution in [2.24, 2.45) is 11.3 Å². The molecule has 34 heavy (non-hydrogen) atoms. The molecular weight excluding hydrogens is 441 g/mol. The van der Waals surface area contributed by atoms with Crippen molar-refractivity contribution in [3.8, 4) is 11.3 Å². The van der Waals surface area contributed by atoms with Gasteiger partial charge in [-0.1, -0.05) is 17.3 Å². The summed E-state index contributed by atoms with van der Waals surface area (Å²) in [5.74, 6) is -0.757. The average molecular weight is 472 g/mol. The van der Waals surface area contributed by atoms with Crippen LogP contribution < -0.4 is 0 Å². The van der Waals surface area contributed by atoms with Crippen molar-refractivity contribution in [2.75, 3.05) is 6.61 Å². The molecule has 4 aliphatic rings. The monoisotopic (exact) mass is 471 g/mol. The van der Waals surface area contributed by atoms with E-state index in [1.165, 1.54) is 6.07 Å². The summed E-state index contributed by atoms with van der Waals surface area (Å²) in [4.78, 5) is 23.7. The van der Waals surface area contributed by atoms with Crippen LogP contribution in [0.25, 0.3) is 11.3 Å². The van der Waals surface area contributed by atoms with Gasteiger partial charge in [-0.2, -0.15) is 0 Å². The molecule has 0 spiro atoms. The quantitative estimate of drug-likeness (QED) is 0.545. The number of carbonyl (C=O) groups is 2. The maximum absolute atomic E-state index is 15.4. The van der Waals surface area contributed by atoms with Crippen LogP contribution in [0.15, 0.2) is 22.7 Å². The van der Waals surface area contributed by atoms with Gasteiger partial charge in [0.05, 0.1) is 30.7 Å². The minimum absolute atomic E-state index is 0.0177. The van der Waals surface area contributed by atoms with Crippen LogP contribution in [-0.2, 0) is 31.1 Å². The van der Waals surface area contributed by atoms with Gasteiger partial charge in [-0.25, -0.2) is 4.39 Å². The van der Waals surface area contributed by atoms with Crippen LogP contribution >= 0.6 is 0 Å². The van der Waals surface area contributed by atoms with E-state index in [-0.39, 0.29) is 30.3 Å². The summed E-state index contributed by atoms with van der Waals surface area (Å²) in [7, 11) is 0. The lowest BCUT2D eigenvalue weighted by molar-refractivity contribution is -0.196. The van der Waals surface area contributed by atoms with E-state index >= 15 is 4.39 Å². The summed E-state index contributed by atoms with van der Waals surface area (Å²) in [6.07, 6.45) is 4.76. The lowest BCUT2D eigenvalue weighted by atomic mass is 9.63. The van der Waals surface area contributed by atoms with E-state index in [1.807, 2.05) is 6.92 Å². The van der Waals surface area contributed by atoms with Crippen LogP contribution in [0.2, 0.25) is 0 Å². The molecule has 2 saturated heterocycles. The first-order chi connectivity index (χ1) is 16.2. The zero-order valence-electron chi connectivity index (χ0n) is 19.6. The Morgan fingerprint density at radius 3 is 2.59 bits per heavy atom. The highest BCUT2D eigenvalue weighted by molar-refractivity contribution is 5.77. The molecule has 2 aliphatic carbocycles. The fourth-order valence-corrected chi connectivity index (χ4v) is 5.56. The molecule has 0 amide bonds. The molecule has 1 aromatic carbocycles. The molecule has 2 saturated carbocycles. The third-order valence-electron chi connectivity index (χ3n) is 7.93. The number of benzene rings is 1. The molecule has 2 aliphatic heterocycles. The van der Waals surface area contributed by atoms with Gasteiger partial charge in [0.25, 0.3) is 0 Å². The predicted octanol–water partition coefficient (Wildman–Crippen LogP) is 4.93. The number of carboxylic acids is 1. The Labute approximate surface area is 197 Å². The Hall–Kier alpha value is -2.74. The minimum Gasteiger partial charge on any atom is -0.481 e. The highest BCUT2D eigenvalue weighted by Gasteiger charge is 2.52.